The third-order valence-electron chi connectivity index (χ3n) is 2.79. The highest BCUT2D eigenvalue weighted by atomic mass is 16.3. The molecule has 104 valence electrons. The molecule has 3 aromatic rings. The zero-order valence-corrected chi connectivity index (χ0v) is 10.7. The van der Waals surface area contributed by atoms with Crippen LogP contribution in [-0.2, 0) is 0 Å². The Balaban J connectivity index is 1.70. The third kappa shape index (κ3) is 2.71. The van der Waals surface area contributed by atoms with Gasteiger partial charge < -0.3 is 4.42 Å². The second-order valence-electron chi connectivity index (χ2n) is 4.17. The lowest BCUT2D eigenvalue weighted by atomic mass is 10.2. The predicted molar refractivity (Wildman–Crippen MR) is 73.2 cm³/mol. The molecule has 2 N–H and O–H groups in total. The molecule has 0 bridgehead atoms. The lowest BCUT2D eigenvalue weighted by Crippen LogP contribution is -2.42. The molecular weight excluding hydrogens is 272 g/mol. The second kappa shape index (κ2) is 5.41. The number of hydrogen-bond acceptors (Lipinski definition) is 5. The Bertz CT molecular complexity index is 799. The van der Waals surface area contributed by atoms with Gasteiger partial charge in [-0.25, -0.2) is 9.97 Å². The van der Waals surface area contributed by atoms with Crippen LogP contribution in [0.4, 0.5) is 0 Å². The molecule has 0 saturated carbocycles. The van der Waals surface area contributed by atoms with Gasteiger partial charge in [0.2, 0.25) is 0 Å². The minimum Gasteiger partial charge on any atom is -0.451 e. The summed E-state index contributed by atoms with van der Waals surface area (Å²) in [5, 5.41) is 0.931. The van der Waals surface area contributed by atoms with Gasteiger partial charge in [0, 0.05) is 5.39 Å². The largest absolute Gasteiger partial charge is 0.451 e. The molecule has 0 aliphatic rings. The molecule has 3 rings (SSSR count). The summed E-state index contributed by atoms with van der Waals surface area (Å²) in [7, 11) is 0. The monoisotopic (exact) mass is 282 g/mol. The van der Waals surface area contributed by atoms with E-state index in [1.54, 1.807) is 18.2 Å². The summed E-state index contributed by atoms with van der Waals surface area (Å²) < 4.78 is 4.68. The molecule has 0 fully saturated rings. The lowest BCUT2D eigenvalue weighted by Gasteiger charge is -2.06. The third-order valence-corrected chi connectivity index (χ3v) is 2.79. The maximum atomic E-state index is 11.9. The van der Waals surface area contributed by atoms with E-state index in [1.165, 1.54) is 6.26 Å². The number of rotatable bonds is 2. The van der Waals surface area contributed by atoms with Crippen LogP contribution in [-0.4, -0.2) is 21.8 Å². The van der Waals surface area contributed by atoms with Gasteiger partial charge in [-0.05, 0) is 12.1 Å². The molecule has 2 heterocycles. The molecule has 2 amide bonds. The number of carbonyl (C=O) groups is 2. The number of nitrogens with zero attached hydrogens (tertiary/aromatic N) is 2. The van der Waals surface area contributed by atoms with E-state index >= 15 is 0 Å². The van der Waals surface area contributed by atoms with E-state index in [4.69, 9.17) is 0 Å². The van der Waals surface area contributed by atoms with Crippen molar-refractivity contribution in [3.05, 3.63) is 60.4 Å². The Kier molecular flexibility index (Phi) is 3.30. The molecule has 7 nitrogen and oxygen atoms in total. The van der Waals surface area contributed by atoms with Crippen LogP contribution in [0.2, 0.25) is 0 Å². The van der Waals surface area contributed by atoms with E-state index < -0.39 is 11.8 Å². The summed E-state index contributed by atoms with van der Waals surface area (Å²) in [5.74, 6) is -1.09. The van der Waals surface area contributed by atoms with Crippen LogP contribution in [0.3, 0.4) is 0 Å². The molecule has 0 spiro atoms. The number of nitrogens with one attached hydrogen (secondary N) is 2. The number of hydrogen-bond donors (Lipinski definition) is 2. The quantitative estimate of drug-likeness (QED) is 0.690. The van der Waals surface area contributed by atoms with Gasteiger partial charge in [0.15, 0.2) is 12.1 Å². The molecule has 0 atom stereocenters. The van der Waals surface area contributed by atoms with Gasteiger partial charge >= 0.3 is 0 Å². The summed E-state index contributed by atoms with van der Waals surface area (Å²) in [5.41, 5.74) is 5.48. The van der Waals surface area contributed by atoms with Crippen molar-refractivity contribution in [2.75, 3.05) is 0 Å². The van der Waals surface area contributed by atoms with E-state index in [-0.39, 0.29) is 11.4 Å². The number of oxazole rings is 1. The van der Waals surface area contributed by atoms with E-state index in [1.807, 2.05) is 18.2 Å². The summed E-state index contributed by atoms with van der Waals surface area (Å²) in [6.45, 7) is 0. The fraction of sp³-hybridized carbons (Fsp3) is 0. The first kappa shape index (κ1) is 12.8. The Labute approximate surface area is 119 Å². The van der Waals surface area contributed by atoms with E-state index in [2.05, 4.69) is 25.2 Å². The van der Waals surface area contributed by atoms with Crippen molar-refractivity contribution in [1.29, 1.82) is 0 Å². The number of para-hydroxylation sites is 1. The van der Waals surface area contributed by atoms with Gasteiger partial charge in [-0.1, -0.05) is 24.3 Å². The summed E-state index contributed by atoms with van der Waals surface area (Å²) >= 11 is 0. The molecule has 0 aliphatic heterocycles. The van der Waals surface area contributed by atoms with Crippen LogP contribution < -0.4 is 10.9 Å². The first-order valence-electron chi connectivity index (χ1n) is 6.09. The zero-order chi connectivity index (χ0) is 14.7. The summed E-state index contributed by atoms with van der Waals surface area (Å²) in [6.07, 6.45) is 2.30. The van der Waals surface area contributed by atoms with Crippen molar-refractivity contribution in [1.82, 2.24) is 20.8 Å². The fourth-order valence-corrected chi connectivity index (χ4v) is 1.76. The molecule has 21 heavy (non-hydrogen) atoms. The molecule has 0 aliphatic carbocycles. The molecule has 7 heteroatoms. The van der Waals surface area contributed by atoms with Crippen LogP contribution in [0.5, 0.6) is 0 Å². The number of pyridine rings is 1. The number of hydrazine groups is 1. The normalized spacial score (nSPS) is 10.3. The van der Waals surface area contributed by atoms with Crippen molar-refractivity contribution < 1.29 is 14.0 Å². The first-order chi connectivity index (χ1) is 10.2. The van der Waals surface area contributed by atoms with E-state index in [9.17, 15) is 9.59 Å². The van der Waals surface area contributed by atoms with Gasteiger partial charge in [0.05, 0.1) is 5.52 Å². The van der Waals surface area contributed by atoms with Gasteiger partial charge in [0.25, 0.3) is 11.8 Å². The first-order valence-corrected chi connectivity index (χ1v) is 6.09. The van der Waals surface area contributed by atoms with Crippen molar-refractivity contribution >= 4 is 22.7 Å². The van der Waals surface area contributed by atoms with Gasteiger partial charge in [-0.3, -0.25) is 20.4 Å². The maximum Gasteiger partial charge on any atom is 0.291 e. The standard InChI is InChI=1S/C14H10N4O3/c19-13(17-18-14(20)12-7-21-8-15-12)11-6-5-9-3-1-2-4-10(9)16-11/h1-8H,(H,17,19)(H,18,20). The zero-order valence-electron chi connectivity index (χ0n) is 10.7. The van der Waals surface area contributed by atoms with Crippen molar-refractivity contribution in [2.24, 2.45) is 0 Å². The molecule has 0 unspecified atom stereocenters. The van der Waals surface area contributed by atoms with Crippen LogP contribution in [0, 0.1) is 0 Å². The average Bonchev–Trinajstić information content (AvgIpc) is 3.06. The smallest absolute Gasteiger partial charge is 0.291 e. The lowest BCUT2D eigenvalue weighted by molar-refractivity contribution is 0.0841. The Morgan fingerprint density at radius 2 is 1.71 bits per heavy atom. The second-order valence-corrected chi connectivity index (χ2v) is 4.17. The van der Waals surface area contributed by atoms with E-state index in [0.29, 0.717) is 5.52 Å². The van der Waals surface area contributed by atoms with Crippen LogP contribution in [0.1, 0.15) is 21.0 Å². The number of carbonyl (C=O) groups excluding carboxylic acids is 2. The van der Waals surface area contributed by atoms with Gasteiger partial charge in [-0.15, -0.1) is 0 Å². The van der Waals surface area contributed by atoms with Crippen molar-refractivity contribution in [3.8, 4) is 0 Å². The van der Waals surface area contributed by atoms with Gasteiger partial charge in [-0.2, -0.15) is 0 Å². The highest BCUT2D eigenvalue weighted by Gasteiger charge is 2.12. The molecule has 1 aromatic carbocycles. The van der Waals surface area contributed by atoms with Crippen LogP contribution >= 0.6 is 0 Å². The van der Waals surface area contributed by atoms with Crippen LogP contribution in [0.15, 0.2) is 53.5 Å². The SMILES string of the molecule is O=C(NNC(=O)c1ccc2ccccc2n1)c1cocn1. The number of fused-ring (bicyclic) bond motifs is 1. The van der Waals surface area contributed by atoms with Crippen LogP contribution in [0.25, 0.3) is 10.9 Å². The molecular formula is C14H10N4O3. The van der Waals surface area contributed by atoms with Crippen molar-refractivity contribution in [3.63, 3.8) is 0 Å². The minimum absolute atomic E-state index is 0.0711. The van der Waals surface area contributed by atoms with Gasteiger partial charge in [0.1, 0.15) is 12.0 Å². The van der Waals surface area contributed by atoms with E-state index in [0.717, 1.165) is 11.8 Å². The molecule has 0 radical (unpaired) electrons. The maximum absolute atomic E-state index is 11.9. The predicted octanol–water partition coefficient (Wildman–Crippen LogP) is 1.30. The molecule has 2 aromatic heterocycles. The Morgan fingerprint density at radius 1 is 0.952 bits per heavy atom. The Morgan fingerprint density at radius 3 is 2.48 bits per heavy atom. The fourth-order valence-electron chi connectivity index (χ4n) is 1.76. The number of amides is 2. The topological polar surface area (TPSA) is 97.1 Å². The minimum atomic E-state index is -0.571. The number of benzene rings is 1. The van der Waals surface area contributed by atoms with Crippen molar-refractivity contribution in [2.45, 2.75) is 0 Å². The molecule has 0 saturated heterocycles. The highest BCUT2D eigenvalue weighted by Crippen LogP contribution is 2.11. The summed E-state index contributed by atoms with van der Waals surface area (Å²) in [4.78, 5) is 31.4. The Hall–Kier alpha value is -3.22. The highest BCUT2D eigenvalue weighted by molar-refractivity contribution is 5.98. The number of aromatic nitrogens is 2. The average molecular weight is 282 g/mol. The summed E-state index contributed by atoms with van der Waals surface area (Å²) in [6, 6.07) is 10.8.